The molecule has 2 atom stereocenters. The van der Waals surface area contributed by atoms with E-state index in [9.17, 15) is 0 Å². The first-order valence-corrected chi connectivity index (χ1v) is 7.74. The van der Waals surface area contributed by atoms with Crippen LogP contribution in [0.15, 0.2) is 6.20 Å². The topological polar surface area (TPSA) is 65.1 Å². The summed E-state index contributed by atoms with van der Waals surface area (Å²) in [7, 11) is 1.98. The van der Waals surface area contributed by atoms with E-state index in [1.165, 1.54) is 36.9 Å². The summed E-state index contributed by atoms with van der Waals surface area (Å²) >= 11 is 0. The Labute approximate surface area is 120 Å². The van der Waals surface area contributed by atoms with Gasteiger partial charge in [0.05, 0.1) is 17.8 Å². The van der Waals surface area contributed by atoms with E-state index in [0.717, 1.165) is 19.4 Å². The van der Waals surface area contributed by atoms with Crippen LogP contribution < -0.4 is 11.3 Å². The van der Waals surface area contributed by atoms with Gasteiger partial charge in [0, 0.05) is 24.9 Å². The molecule has 1 aliphatic carbocycles. The first-order chi connectivity index (χ1) is 9.65. The van der Waals surface area contributed by atoms with E-state index in [1.807, 2.05) is 17.9 Å². The van der Waals surface area contributed by atoms with Gasteiger partial charge in [0.25, 0.3) is 0 Å². The quantitative estimate of drug-likeness (QED) is 0.655. The summed E-state index contributed by atoms with van der Waals surface area (Å²) in [4.78, 5) is 0. The number of hydrogen-bond donors (Lipinski definition) is 2. The monoisotopic (exact) mass is 278 g/mol. The van der Waals surface area contributed by atoms with E-state index in [2.05, 4.69) is 17.4 Å². The maximum atomic E-state index is 6.13. The van der Waals surface area contributed by atoms with Gasteiger partial charge in [-0.25, -0.2) is 0 Å². The van der Waals surface area contributed by atoms with Crippen molar-refractivity contribution in [2.75, 3.05) is 6.61 Å². The van der Waals surface area contributed by atoms with Crippen LogP contribution in [0.2, 0.25) is 0 Å². The number of nitrogens with zero attached hydrogens (tertiary/aromatic N) is 2. The average Bonchev–Trinajstić information content (AvgIpc) is 3.02. The molecule has 2 heterocycles. The highest BCUT2D eigenvalue weighted by Crippen LogP contribution is 2.45. The van der Waals surface area contributed by atoms with Crippen molar-refractivity contribution in [2.24, 2.45) is 18.8 Å². The Morgan fingerprint density at radius 1 is 1.50 bits per heavy atom. The molecule has 0 bridgehead atoms. The normalized spacial score (nSPS) is 27.1. The molecule has 5 heteroatoms. The largest absolute Gasteiger partial charge is 0.375 e. The molecule has 1 saturated heterocycles. The molecule has 1 aliphatic heterocycles. The van der Waals surface area contributed by atoms with Crippen LogP contribution in [0.1, 0.15) is 55.8 Å². The molecule has 0 radical (unpaired) electrons. The highest BCUT2D eigenvalue weighted by molar-refractivity contribution is 5.21. The molecule has 0 amide bonds. The van der Waals surface area contributed by atoms with Crippen LogP contribution in [0.25, 0.3) is 0 Å². The number of nitrogens with two attached hydrogens (primary N) is 1. The van der Waals surface area contributed by atoms with E-state index in [1.54, 1.807) is 0 Å². The standard InChI is InChI=1S/C15H26N4O/c1-11-13(10-17-19(11)2)14(18-16)12-5-8-20-15(9-12)6-3-4-7-15/h10,12,14,18H,3-9,16H2,1-2H3. The number of rotatable bonds is 3. The van der Waals surface area contributed by atoms with Crippen LogP contribution in [0.3, 0.4) is 0 Å². The van der Waals surface area contributed by atoms with E-state index in [4.69, 9.17) is 10.6 Å². The highest BCUT2D eigenvalue weighted by Gasteiger charge is 2.42. The van der Waals surface area contributed by atoms with Crippen molar-refractivity contribution < 1.29 is 4.74 Å². The van der Waals surface area contributed by atoms with E-state index >= 15 is 0 Å². The zero-order chi connectivity index (χ0) is 14.2. The third-order valence-electron chi connectivity index (χ3n) is 5.31. The molecule has 3 rings (SSSR count). The second kappa shape index (κ2) is 5.47. The molecule has 0 aromatic carbocycles. The van der Waals surface area contributed by atoms with Crippen molar-refractivity contribution in [2.45, 2.75) is 57.1 Å². The lowest BCUT2D eigenvalue weighted by Crippen LogP contribution is -2.43. The van der Waals surface area contributed by atoms with Crippen LogP contribution in [-0.2, 0) is 11.8 Å². The SMILES string of the molecule is Cc1c(C(NN)C2CCOC3(CCCC3)C2)cnn1C. The Morgan fingerprint density at radius 2 is 2.25 bits per heavy atom. The van der Waals surface area contributed by atoms with Gasteiger partial charge in [-0.3, -0.25) is 16.0 Å². The van der Waals surface area contributed by atoms with Crippen LogP contribution >= 0.6 is 0 Å². The lowest BCUT2D eigenvalue weighted by Gasteiger charge is -2.41. The molecule has 2 unspecified atom stereocenters. The molecule has 20 heavy (non-hydrogen) atoms. The molecule has 1 saturated carbocycles. The third kappa shape index (κ3) is 2.38. The Bertz CT molecular complexity index is 464. The van der Waals surface area contributed by atoms with E-state index in [0.29, 0.717) is 5.92 Å². The zero-order valence-electron chi connectivity index (χ0n) is 12.6. The number of aromatic nitrogens is 2. The van der Waals surface area contributed by atoms with Crippen LogP contribution in [0.5, 0.6) is 0 Å². The summed E-state index contributed by atoms with van der Waals surface area (Å²) in [5, 5.41) is 4.36. The van der Waals surface area contributed by atoms with Crippen molar-refractivity contribution >= 4 is 0 Å². The predicted molar refractivity (Wildman–Crippen MR) is 77.9 cm³/mol. The van der Waals surface area contributed by atoms with Crippen LogP contribution in [0.4, 0.5) is 0 Å². The van der Waals surface area contributed by atoms with Crippen molar-refractivity contribution in [3.05, 3.63) is 17.5 Å². The number of hydrogen-bond acceptors (Lipinski definition) is 4. The molecule has 1 aromatic heterocycles. The molecule has 3 N–H and O–H groups in total. The molecular weight excluding hydrogens is 252 g/mol. The summed E-state index contributed by atoms with van der Waals surface area (Å²) in [6, 6.07) is 0.185. The second-order valence-electron chi connectivity index (χ2n) is 6.44. The second-order valence-corrected chi connectivity index (χ2v) is 6.44. The minimum Gasteiger partial charge on any atom is -0.375 e. The summed E-state index contributed by atoms with van der Waals surface area (Å²) in [6.45, 7) is 2.97. The van der Waals surface area contributed by atoms with Crippen LogP contribution in [0, 0.1) is 12.8 Å². The minimum atomic E-state index is 0.133. The van der Waals surface area contributed by atoms with Gasteiger partial charge in [0.1, 0.15) is 0 Å². The molecule has 1 aromatic rings. The molecular formula is C15H26N4O. The summed E-state index contributed by atoms with van der Waals surface area (Å²) in [6.07, 6.45) is 9.19. The fourth-order valence-electron chi connectivity index (χ4n) is 4.02. The maximum absolute atomic E-state index is 6.13. The summed E-state index contributed by atoms with van der Waals surface area (Å²) in [5.74, 6) is 6.41. The molecule has 2 aliphatic rings. The zero-order valence-corrected chi connectivity index (χ0v) is 12.6. The summed E-state index contributed by atoms with van der Waals surface area (Å²) in [5.41, 5.74) is 5.60. The smallest absolute Gasteiger partial charge is 0.0686 e. The lowest BCUT2D eigenvalue weighted by atomic mass is 9.79. The van der Waals surface area contributed by atoms with Gasteiger partial charge in [-0.1, -0.05) is 12.8 Å². The fraction of sp³-hybridized carbons (Fsp3) is 0.800. The van der Waals surface area contributed by atoms with Crippen molar-refractivity contribution in [3.63, 3.8) is 0 Å². The third-order valence-corrected chi connectivity index (χ3v) is 5.31. The van der Waals surface area contributed by atoms with Gasteiger partial charge in [0.2, 0.25) is 0 Å². The predicted octanol–water partition coefficient (Wildman–Crippen LogP) is 1.97. The first kappa shape index (κ1) is 14.0. The Kier molecular flexibility index (Phi) is 3.84. The minimum absolute atomic E-state index is 0.133. The lowest BCUT2D eigenvalue weighted by molar-refractivity contribution is -0.0982. The highest BCUT2D eigenvalue weighted by atomic mass is 16.5. The Balaban J connectivity index is 1.80. The van der Waals surface area contributed by atoms with Crippen molar-refractivity contribution in [1.82, 2.24) is 15.2 Å². The van der Waals surface area contributed by atoms with Gasteiger partial charge >= 0.3 is 0 Å². The van der Waals surface area contributed by atoms with E-state index in [-0.39, 0.29) is 11.6 Å². The van der Waals surface area contributed by atoms with Crippen molar-refractivity contribution in [1.29, 1.82) is 0 Å². The first-order valence-electron chi connectivity index (χ1n) is 7.74. The van der Waals surface area contributed by atoms with Crippen molar-refractivity contribution in [3.8, 4) is 0 Å². The van der Waals surface area contributed by atoms with Gasteiger partial charge in [-0.15, -0.1) is 0 Å². The molecule has 2 fully saturated rings. The molecule has 112 valence electrons. The molecule has 5 nitrogen and oxygen atoms in total. The molecule has 1 spiro atoms. The average molecular weight is 278 g/mol. The van der Waals surface area contributed by atoms with Gasteiger partial charge in [-0.2, -0.15) is 5.10 Å². The maximum Gasteiger partial charge on any atom is 0.0686 e. The Hall–Kier alpha value is -0.910. The summed E-state index contributed by atoms with van der Waals surface area (Å²) < 4.78 is 8.05. The van der Waals surface area contributed by atoms with E-state index < -0.39 is 0 Å². The van der Waals surface area contributed by atoms with Gasteiger partial charge in [-0.05, 0) is 38.5 Å². The number of hydrazine groups is 1. The van der Waals surface area contributed by atoms with Gasteiger partial charge in [0.15, 0.2) is 0 Å². The van der Waals surface area contributed by atoms with Gasteiger partial charge < -0.3 is 4.74 Å². The Morgan fingerprint density at radius 3 is 2.85 bits per heavy atom. The number of ether oxygens (including phenoxy) is 1. The fourth-order valence-corrected chi connectivity index (χ4v) is 4.02. The van der Waals surface area contributed by atoms with Crippen LogP contribution in [-0.4, -0.2) is 22.0 Å². The number of aryl methyl sites for hydroxylation is 1. The number of nitrogens with one attached hydrogen (secondary N) is 1.